The Hall–Kier alpha value is -2.63. The third-order valence-electron chi connectivity index (χ3n) is 5.11. The van der Waals surface area contributed by atoms with E-state index in [0.717, 1.165) is 50.8 Å². The number of carbonyl (C=O) groups is 1. The highest BCUT2D eigenvalue weighted by Gasteiger charge is 2.27. The number of benzene rings is 1. The first-order valence-electron chi connectivity index (χ1n) is 8.86. The molecule has 2 heterocycles. The number of hydrogen-bond acceptors (Lipinski definition) is 4. The Kier molecular flexibility index (Phi) is 4.26. The number of fused-ring (bicyclic) bond motifs is 1. The lowest BCUT2D eigenvalue weighted by atomic mass is 9.78. The number of nitrogens with zero attached hydrogens (tertiary/aromatic N) is 4. The van der Waals surface area contributed by atoms with E-state index in [4.69, 9.17) is 0 Å². The van der Waals surface area contributed by atoms with Crippen LogP contribution >= 0.6 is 0 Å². The minimum atomic E-state index is 0.0444. The van der Waals surface area contributed by atoms with Crippen molar-refractivity contribution in [2.75, 3.05) is 37.6 Å². The summed E-state index contributed by atoms with van der Waals surface area (Å²) >= 11 is 0. The van der Waals surface area contributed by atoms with Gasteiger partial charge in [-0.1, -0.05) is 24.3 Å². The van der Waals surface area contributed by atoms with Crippen LogP contribution in [0.2, 0.25) is 0 Å². The number of aromatic nitrogens is 2. The number of nitrogens with one attached hydrogen (secondary N) is 1. The average Bonchev–Trinajstić information content (AvgIpc) is 2.62. The Morgan fingerprint density at radius 2 is 2.00 bits per heavy atom. The van der Waals surface area contributed by atoms with E-state index < -0.39 is 0 Å². The van der Waals surface area contributed by atoms with Gasteiger partial charge in [0.25, 0.3) is 0 Å². The van der Waals surface area contributed by atoms with E-state index in [1.54, 1.807) is 6.20 Å². The molecule has 2 amide bonds. The maximum absolute atomic E-state index is 12.4. The summed E-state index contributed by atoms with van der Waals surface area (Å²) in [6.45, 7) is 5.66. The first-order valence-corrected chi connectivity index (χ1v) is 8.86. The van der Waals surface area contributed by atoms with Crippen LogP contribution in [0.25, 0.3) is 0 Å². The van der Waals surface area contributed by atoms with E-state index in [2.05, 4.69) is 44.5 Å². The monoisotopic (exact) mass is 337 g/mol. The zero-order valence-electron chi connectivity index (χ0n) is 14.5. The Bertz CT molecular complexity index is 770. The van der Waals surface area contributed by atoms with E-state index in [-0.39, 0.29) is 6.03 Å². The average molecular weight is 337 g/mol. The zero-order valence-corrected chi connectivity index (χ0v) is 14.5. The number of urea groups is 1. The summed E-state index contributed by atoms with van der Waals surface area (Å²) in [6.07, 6.45) is 2.85. The first kappa shape index (κ1) is 15.9. The Balaban J connectivity index is 1.26. The van der Waals surface area contributed by atoms with Gasteiger partial charge >= 0.3 is 6.03 Å². The Morgan fingerprint density at radius 3 is 2.76 bits per heavy atom. The van der Waals surface area contributed by atoms with Crippen molar-refractivity contribution in [3.05, 3.63) is 53.5 Å². The van der Waals surface area contributed by atoms with E-state index in [0.29, 0.717) is 5.92 Å². The van der Waals surface area contributed by atoms with E-state index in [1.165, 1.54) is 11.1 Å². The van der Waals surface area contributed by atoms with Gasteiger partial charge in [0.1, 0.15) is 11.6 Å². The number of anilines is 1. The van der Waals surface area contributed by atoms with Crippen LogP contribution in [-0.2, 0) is 6.42 Å². The molecule has 2 aliphatic rings. The van der Waals surface area contributed by atoms with Gasteiger partial charge in [0.05, 0.1) is 0 Å². The summed E-state index contributed by atoms with van der Waals surface area (Å²) in [5.41, 5.74) is 2.79. The molecule has 0 radical (unpaired) electrons. The molecule has 1 aliphatic heterocycles. The molecular formula is C19H23N5O. The molecule has 6 heteroatoms. The summed E-state index contributed by atoms with van der Waals surface area (Å²) in [6, 6.07) is 10.5. The van der Waals surface area contributed by atoms with Crippen molar-refractivity contribution in [2.45, 2.75) is 19.3 Å². The van der Waals surface area contributed by atoms with Crippen molar-refractivity contribution in [1.29, 1.82) is 0 Å². The lowest BCUT2D eigenvalue weighted by Crippen LogP contribution is -2.52. The number of amides is 2. The third kappa shape index (κ3) is 3.29. The van der Waals surface area contributed by atoms with Gasteiger partial charge in [-0.25, -0.2) is 14.8 Å². The fourth-order valence-corrected chi connectivity index (χ4v) is 3.63. The highest BCUT2D eigenvalue weighted by atomic mass is 16.2. The van der Waals surface area contributed by atoms with Gasteiger partial charge in [0.2, 0.25) is 0 Å². The highest BCUT2D eigenvalue weighted by molar-refractivity contribution is 5.74. The van der Waals surface area contributed by atoms with Gasteiger partial charge in [-0.15, -0.1) is 0 Å². The van der Waals surface area contributed by atoms with E-state index in [1.807, 2.05) is 17.9 Å². The van der Waals surface area contributed by atoms with Crippen molar-refractivity contribution in [2.24, 2.45) is 0 Å². The molecule has 0 spiro atoms. The van der Waals surface area contributed by atoms with E-state index >= 15 is 0 Å². The summed E-state index contributed by atoms with van der Waals surface area (Å²) in [5, 5.41) is 3.10. The van der Waals surface area contributed by atoms with Gasteiger partial charge in [-0.05, 0) is 30.5 Å². The lowest BCUT2D eigenvalue weighted by Gasteiger charge is -2.36. The van der Waals surface area contributed by atoms with Crippen molar-refractivity contribution in [3.8, 4) is 0 Å². The van der Waals surface area contributed by atoms with Gasteiger partial charge in [-0.2, -0.15) is 0 Å². The maximum atomic E-state index is 12.4. The van der Waals surface area contributed by atoms with Crippen LogP contribution in [0.3, 0.4) is 0 Å². The Labute approximate surface area is 147 Å². The number of carbonyl (C=O) groups excluding carboxylic acids is 1. The lowest BCUT2D eigenvalue weighted by molar-refractivity contribution is 0.193. The molecule has 25 heavy (non-hydrogen) atoms. The highest BCUT2D eigenvalue weighted by Crippen LogP contribution is 2.34. The molecule has 1 aromatic heterocycles. The van der Waals surface area contributed by atoms with Crippen LogP contribution in [0, 0.1) is 6.92 Å². The standard InChI is InChI=1S/C19H23N5O/c1-14-20-7-6-18(22-14)23-8-10-24(11-9-23)19(25)21-13-16-12-15-4-2-3-5-17(15)16/h2-7,16H,8-13H2,1H3,(H,21,25)/t16-/m1/s1. The summed E-state index contributed by atoms with van der Waals surface area (Å²) in [7, 11) is 0. The largest absolute Gasteiger partial charge is 0.353 e. The number of hydrogen-bond donors (Lipinski definition) is 1. The smallest absolute Gasteiger partial charge is 0.317 e. The molecule has 0 unspecified atom stereocenters. The summed E-state index contributed by atoms with van der Waals surface area (Å²) in [5.74, 6) is 2.18. The third-order valence-corrected chi connectivity index (χ3v) is 5.11. The normalized spacial score (nSPS) is 19.2. The molecule has 130 valence electrons. The second-order valence-electron chi connectivity index (χ2n) is 6.72. The second-order valence-corrected chi connectivity index (χ2v) is 6.72. The fourth-order valence-electron chi connectivity index (χ4n) is 3.63. The topological polar surface area (TPSA) is 61.4 Å². The molecule has 6 nitrogen and oxygen atoms in total. The quantitative estimate of drug-likeness (QED) is 0.930. The van der Waals surface area contributed by atoms with Crippen LogP contribution < -0.4 is 10.2 Å². The SMILES string of the molecule is Cc1nccc(N2CCN(C(=O)NC[C@H]3Cc4ccccc43)CC2)n1. The first-order chi connectivity index (χ1) is 12.2. The molecule has 1 N–H and O–H groups in total. The van der Waals surface area contributed by atoms with Crippen molar-refractivity contribution in [3.63, 3.8) is 0 Å². The number of aryl methyl sites for hydroxylation is 1. The minimum absolute atomic E-state index is 0.0444. The molecule has 0 bridgehead atoms. The summed E-state index contributed by atoms with van der Waals surface area (Å²) in [4.78, 5) is 25.1. The molecular weight excluding hydrogens is 314 g/mol. The molecule has 4 rings (SSSR count). The molecule has 1 saturated heterocycles. The number of rotatable bonds is 3. The molecule has 1 aliphatic carbocycles. The van der Waals surface area contributed by atoms with Crippen molar-refractivity contribution < 1.29 is 4.79 Å². The molecule has 1 atom stereocenters. The van der Waals surface area contributed by atoms with Crippen LogP contribution in [0.1, 0.15) is 22.9 Å². The van der Waals surface area contributed by atoms with Crippen LogP contribution in [0.5, 0.6) is 0 Å². The van der Waals surface area contributed by atoms with Crippen molar-refractivity contribution >= 4 is 11.8 Å². The van der Waals surface area contributed by atoms with Gasteiger partial charge in [0.15, 0.2) is 0 Å². The van der Waals surface area contributed by atoms with Gasteiger partial charge < -0.3 is 15.1 Å². The second kappa shape index (κ2) is 6.70. The predicted octanol–water partition coefficient (Wildman–Crippen LogP) is 1.96. The van der Waals surface area contributed by atoms with Crippen LogP contribution in [-0.4, -0.2) is 53.6 Å². The summed E-state index contributed by atoms with van der Waals surface area (Å²) < 4.78 is 0. The minimum Gasteiger partial charge on any atom is -0.353 e. The Morgan fingerprint density at radius 1 is 1.20 bits per heavy atom. The fraction of sp³-hybridized carbons (Fsp3) is 0.421. The van der Waals surface area contributed by atoms with Gasteiger partial charge in [0, 0.05) is 44.8 Å². The molecule has 2 aromatic rings. The van der Waals surface area contributed by atoms with E-state index in [9.17, 15) is 4.79 Å². The zero-order chi connectivity index (χ0) is 17.2. The molecule has 0 saturated carbocycles. The van der Waals surface area contributed by atoms with Gasteiger partial charge in [-0.3, -0.25) is 0 Å². The predicted molar refractivity (Wildman–Crippen MR) is 96.8 cm³/mol. The number of piperazine rings is 1. The molecule has 1 aromatic carbocycles. The maximum Gasteiger partial charge on any atom is 0.317 e. The van der Waals surface area contributed by atoms with Crippen LogP contribution in [0.4, 0.5) is 10.6 Å². The van der Waals surface area contributed by atoms with Crippen LogP contribution in [0.15, 0.2) is 36.5 Å². The molecule has 1 fully saturated rings. The van der Waals surface area contributed by atoms with Crippen molar-refractivity contribution in [1.82, 2.24) is 20.2 Å².